The third-order valence-electron chi connectivity index (χ3n) is 5.55. The summed E-state index contributed by atoms with van der Waals surface area (Å²) in [4.78, 5) is 9.90. The van der Waals surface area contributed by atoms with Crippen LogP contribution in [0.25, 0.3) is 10.9 Å². The topological polar surface area (TPSA) is 53.2 Å². The largest absolute Gasteiger partial charge is 0.484 e. The Morgan fingerprint density at radius 3 is 2.77 bits per heavy atom. The summed E-state index contributed by atoms with van der Waals surface area (Å²) in [6.45, 7) is 6.10. The highest BCUT2D eigenvalue weighted by molar-refractivity contribution is 5.83. The lowest BCUT2D eigenvalue weighted by atomic mass is 10.0. The number of anilines is 3. The molecule has 0 saturated heterocycles. The molecule has 3 heterocycles. The standard InChI is InChI=1S/C25H26N4O/c1-25(2)17-29(14-11-18-16-27-22-6-4-3-5-21(18)22)23-8-7-20(15-24(23)30-25)28-19-9-12-26-13-10-19/h3-10,12-13,15-16,27H,11,14,17H2,1-2H3,(H,26,28). The first kappa shape index (κ1) is 18.6. The lowest BCUT2D eigenvalue weighted by Crippen LogP contribution is -2.47. The van der Waals surface area contributed by atoms with E-state index in [1.165, 1.54) is 16.5 Å². The van der Waals surface area contributed by atoms with Gasteiger partial charge in [0, 0.05) is 53.5 Å². The molecule has 5 nitrogen and oxygen atoms in total. The maximum atomic E-state index is 6.33. The molecular formula is C25H26N4O. The molecule has 30 heavy (non-hydrogen) atoms. The van der Waals surface area contributed by atoms with Gasteiger partial charge in [0.1, 0.15) is 11.4 Å². The molecule has 0 aliphatic carbocycles. The molecule has 0 amide bonds. The van der Waals surface area contributed by atoms with Crippen LogP contribution in [0.4, 0.5) is 17.1 Å². The van der Waals surface area contributed by atoms with E-state index in [1.807, 2.05) is 12.1 Å². The van der Waals surface area contributed by atoms with Crippen molar-refractivity contribution < 1.29 is 4.74 Å². The molecule has 2 N–H and O–H groups in total. The van der Waals surface area contributed by atoms with Crippen LogP contribution in [0.5, 0.6) is 5.75 Å². The van der Waals surface area contributed by atoms with E-state index in [0.29, 0.717) is 0 Å². The fourth-order valence-corrected chi connectivity index (χ4v) is 4.20. The van der Waals surface area contributed by atoms with Crippen LogP contribution in [0, 0.1) is 0 Å². The predicted molar refractivity (Wildman–Crippen MR) is 123 cm³/mol. The fraction of sp³-hybridized carbons (Fsp3) is 0.240. The second-order valence-corrected chi connectivity index (χ2v) is 8.44. The predicted octanol–water partition coefficient (Wildman–Crippen LogP) is 5.53. The lowest BCUT2D eigenvalue weighted by molar-refractivity contribution is 0.105. The van der Waals surface area contributed by atoms with Gasteiger partial charge in [0.15, 0.2) is 0 Å². The van der Waals surface area contributed by atoms with E-state index in [-0.39, 0.29) is 5.60 Å². The zero-order valence-electron chi connectivity index (χ0n) is 17.4. The normalized spacial score (nSPS) is 14.9. The molecular weight excluding hydrogens is 372 g/mol. The minimum absolute atomic E-state index is 0.248. The Balaban J connectivity index is 1.39. The Labute approximate surface area is 176 Å². The van der Waals surface area contributed by atoms with Crippen molar-refractivity contribution >= 4 is 28.0 Å². The molecule has 0 fully saturated rings. The van der Waals surface area contributed by atoms with Gasteiger partial charge in [-0.3, -0.25) is 4.98 Å². The van der Waals surface area contributed by atoms with E-state index in [2.05, 4.69) is 82.7 Å². The Morgan fingerprint density at radius 1 is 1.07 bits per heavy atom. The van der Waals surface area contributed by atoms with Crippen LogP contribution in [0.15, 0.2) is 73.2 Å². The quantitative estimate of drug-likeness (QED) is 0.464. The van der Waals surface area contributed by atoms with E-state index < -0.39 is 0 Å². The van der Waals surface area contributed by atoms with Crippen LogP contribution in [0.1, 0.15) is 19.4 Å². The van der Waals surface area contributed by atoms with Gasteiger partial charge in [0.2, 0.25) is 0 Å². The van der Waals surface area contributed by atoms with Crippen molar-refractivity contribution in [3.63, 3.8) is 0 Å². The molecule has 2 aromatic heterocycles. The first-order chi connectivity index (χ1) is 14.6. The Bertz CT molecular complexity index is 1170. The van der Waals surface area contributed by atoms with Crippen molar-refractivity contribution in [3.8, 4) is 5.75 Å². The van der Waals surface area contributed by atoms with Crippen LogP contribution in [-0.2, 0) is 6.42 Å². The number of pyridine rings is 1. The summed E-state index contributed by atoms with van der Waals surface area (Å²) in [5.74, 6) is 0.921. The molecule has 5 heteroatoms. The van der Waals surface area contributed by atoms with Crippen LogP contribution in [-0.4, -0.2) is 28.7 Å². The molecule has 0 unspecified atom stereocenters. The number of hydrogen-bond donors (Lipinski definition) is 2. The highest BCUT2D eigenvalue weighted by Gasteiger charge is 2.31. The van der Waals surface area contributed by atoms with Gasteiger partial charge < -0.3 is 19.9 Å². The van der Waals surface area contributed by atoms with Gasteiger partial charge in [-0.05, 0) is 56.2 Å². The first-order valence-corrected chi connectivity index (χ1v) is 10.4. The van der Waals surface area contributed by atoms with Gasteiger partial charge in [-0.25, -0.2) is 0 Å². The fourth-order valence-electron chi connectivity index (χ4n) is 4.20. The smallest absolute Gasteiger partial charge is 0.145 e. The number of hydrogen-bond acceptors (Lipinski definition) is 4. The molecule has 5 rings (SSSR count). The van der Waals surface area contributed by atoms with Gasteiger partial charge in [0.05, 0.1) is 12.2 Å². The molecule has 0 radical (unpaired) electrons. The second-order valence-electron chi connectivity index (χ2n) is 8.44. The summed E-state index contributed by atoms with van der Waals surface area (Å²) in [6, 6.07) is 18.8. The Hall–Kier alpha value is -3.47. The average molecular weight is 399 g/mol. The summed E-state index contributed by atoms with van der Waals surface area (Å²) < 4.78 is 6.33. The average Bonchev–Trinajstić information content (AvgIpc) is 3.15. The van der Waals surface area contributed by atoms with E-state index in [9.17, 15) is 0 Å². The second kappa shape index (κ2) is 7.41. The Kier molecular flexibility index (Phi) is 4.58. The SMILES string of the molecule is CC1(C)CN(CCc2c[nH]c3ccccc23)c2ccc(Nc3ccncc3)cc2O1. The molecule has 152 valence electrons. The summed E-state index contributed by atoms with van der Waals surface area (Å²) in [5, 5.41) is 4.74. The number of nitrogens with zero attached hydrogens (tertiary/aromatic N) is 2. The number of fused-ring (bicyclic) bond motifs is 2. The zero-order chi connectivity index (χ0) is 20.6. The lowest BCUT2D eigenvalue weighted by Gasteiger charge is -2.41. The maximum absolute atomic E-state index is 6.33. The van der Waals surface area contributed by atoms with E-state index in [4.69, 9.17) is 4.74 Å². The monoisotopic (exact) mass is 398 g/mol. The molecule has 0 bridgehead atoms. The number of H-pyrrole nitrogens is 1. The number of ether oxygens (including phenoxy) is 1. The van der Waals surface area contributed by atoms with Crippen LogP contribution in [0.3, 0.4) is 0 Å². The van der Waals surface area contributed by atoms with Gasteiger partial charge in [-0.1, -0.05) is 18.2 Å². The number of nitrogens with one attached hydrogen (secondary N) is 2. The van der Waals surface area contributed by atoms with Crippen LogP contribution >= 0.6 is 0 Å². The van der Waals surface area contributed by atoms with Crippen LogP contribution < -0.4 is 15.0 Å². The number of rotatable bonds is 5. The van der Waals surface area contributed by atoms with Crippen molar-refractivity contribution in [1.82, 2.24) is 9.97 Å². The number of benzene rings is 2. The summed E-state index contributed by atoms with van der Waals surface area (Å²) in [5.41, 5.74) is 5.47. The summed E-state index contributed by atoms with van der Waals surface area (Å²) >= 11 is 0. The van der Waals surface area contributed by atoms with E-state index >= 15 is 0 Å². The minimum Gasteiger partial charge on any atom is -0.484 e. The number of para-hydroxylation sites is 1. The van der Waals surface area contributed by atoms with Crippen molar-refractivity contribution in [3.05, 3.63) is 78.8 Å². The highest BCUT2D eigenvalue weighted by atomic mass is 16.5. The third-order valence-corrected chi connectivity index (χ3v) is 5.55. The molecule has 1 aliphatic heterocycles. The molecule has 0 saturated carbocycles. The summed E-state index contributed by atoms with van der Waals surface area (Å²) in [7, 11) is 0. The molecule has 0 spiro atoms. The minimum atomic E-state index is -0.248. The Morgan fingerprint density at radius 2 is 1.90 bits per heavy atom. The van der Waals surface area contributed by atoms with Crippen molar-refractivity contribution in [2.75, 3.05) is 23.3 Å². The number of aromatic amines is 1. The van der Waals surface area contributed by atoms with Gasteiger partial charge in [-0.2, -0.15) is 0 Å². The van der Waals surface area contributed by atoms with Gasteiger partial charge in [0.25, 0.3) is 0 Å². The number of aromatic nitrogens is 2. The van der Waals surface area contributed by atoms with Gasteiger partial charge >= 0.3 is 0 Å². The molecule has 0 atom stereocenters. The van der Waals surface area contributed by atoms with Gasteiger partial charge in [-0.15, -0.1) is 0 Å². The van der Waals surface area contributed by atoms with Crippen molar-refractivity contribution in [1.29, 1.82) is 0 Å². The van der Waals surface area contributed by atoms with Crippen LogP contribution in [0.2, 0.25) is 0 Å². The summed E-state index contributed by atoms with van der Waals surface area (Å²) in [6.07, 6.45) is 6.69. The maximum Gasteiger partial charge on any atom is 0.145 e. The molecule has 1 aliphatic rings. The molecule has 4 aromatic rings. The van der Waals surface area contributed by atoms with Crippen molar-refractivity contribution in [2.45, 2.75) is 25.9 Å². The third kappa shape index (κ3) is 3.71. The molecule has 2 aromatic carbocycles. The zero-order valence-corrected chi connectivity index (χ0v) is 17.4. The van der Waals surface area contributed by atoms with E-state index in [0.717, 1.165) is 42.3 Å². The first-order valence-electron chi connectivity index (χ1n) is 10.4. The highest BCUT2D eigenvalue weighted by Crippen LogP contribution is 2.39. The van der Waals surface area contributed by atoms with E-state index in [1.54, 1.807) is 12.4 Å². The van der Waals surface area contributed by atoms with Crippen molar-refractivity contribution in [2.24, 2.45) is 0 Å².